The molecule has 0 atom stereocenters. The molecule has 5 heteroatoms. The number of nitrogens with zero attached hydrogens (tertiary/aromatic N) is 4. The summed E-state index contributed by atoms with van der Waals surface area (Å²) >= 11 is 6.02. The Kier molecular flexibility index (Phi) is 5.13. The Balaban J connectivity index is 2.37. The minimum Gasteiger partial charge on any atom is -0.247 e. The second-order valence-corrected chi connectivity index (χ2v) is 5.33. The lowest BCUT2D eigenvalue weighted by molar-refractivity contribution is 0.869. The van der Waals surface area contributed by atoms with Crippen LogP contribution in [0.3, 0.4) is 0 Å². The zero-order valence-corrected chi connectivity index (χ0v) is 13.6. The SMILES string of the molecule is CCN(/N=C\c1ccc(C)cc1)c1nc(Cl)cc(C)c1C#N. The summed E-state index contributed by atoms with van der Waals surface area (Å²) in [6.45, 7) is 6.42. The van der Waals surface area contributed by atoms with Gasteiger partial charge >= 0.3 is 0 Å². The Morgan fingerprint density at radius 1 is 1.32 bits per heavy atom. The number of halogens is 1. The van der Waals surface area contributed by atoms with Gasteiger partial charge in [-0.2, -0.15) is 10.4 Å². The minimum atomic E-state index is 0.357. The van der Waals surface area contributed by atoms with E-state index in [2.05, 4.69) is 16.2 Å². The fourth-order valence-corrected chi connectivity index (χ4v) is 2.26. The maximum absolute atomic E-state index is 9.34. The maximum atomic E-state index is 9.34. The topological polar surface area (TPSA) is 52.3 Å². The number of rotatable bonds is 4. The van der Waals surface area contributed by atoms with Crippen LogP contribution in [0.2, 0.25) is 5.15 Å². The molecule has 4 nitrogen and oxygen atoms in total. The van der Waals surface area contributed by atoms with Gasteiger partial charge in [0.1, 0.15) is 11.2 Å². The maximum Gasteiger partial charge on any atom is 0.168 e. The molecular weight excluding hydrogens is 296 g/mol. The highest BCUT2D eigenvalue weighted by Crippen LogP contribution is 2.24. The van der Waals surface area contributed by atoms with Gasteiger partial charge in [0, 0.05) is 6.54 Å². The summed E-state index contributed by atoms with van der Waals surface area (Å²) in [5, 5.41) is 15.8. The summed E-state index contributed by atoms with van der Waals surface area (Å²) < 4.78 is 0. The first-order valence-electron chi connectivity index (χ1n) is 7.00. The molecule has 0 saturated carbocycles. The van der Waals surface area contributed by atoms with Crippen molar-refractivity contribution in [2.75, 3.05) is 11.6 Å². The van der Waals surface area contributed by atoms with Crippen LogP contribution in [0, 0.1) is 25.2 Å². The first-order chi connectivity index (χ1) is 10.5. The molecule has 0 fully saturated rings. The second-order valence-electron chi connectivity index (χ2n) is 4.94. The van der Waals surface area contributed by atoms with Gasteiger partial charge in [-0.3, -0.25) is 0 Å². The van der Waals surface area contributed by atoms with E-state index in [0.717, 1.165) is 11.1 Å². The highest BCUT2D eigenvalue weighted by Gasteiger charge is 2.14. The smallest absolute Gasteiger partial charge is 0.168 e. The van der Waals surface area contributed by atoms with Crippen LogP contribution in [0.15, 0.2) is 35.4 Å². The number of hydrazone groups is 1. The molecule has 0 aliphatic heterocycles. The van der Waals surface area contributed by atoms with Gasteiger partial charge in [0.15, 0.2) is 5.82 Å². The predicted octanol–water partition coefficient (Wildman–Crippen LogP) is 4.08. The van der Waals surface area contributed by atoms with E-state index in [0.29, 0.717) is 23.1 Å². The average Bonchev–Trinajstić information content (AvgIpc) is 2.49. The Labute approximate surface area is 135 Å². The molecule has 0 amide bonds. The molecule has 22 heavy (non-hydrogen) atoms. The second kappa shape index (κ2) is 7.06. The Bertz CT molecular complexity index is 730. The summed E-state index contributed by atoms with van der Waals surface area (Å²) in [6.07, 6.45) is 1.75. The van der Waals surface area contributed by atoms with Crippen molar-refractivity contribution in [1.82, 2.24) is 4.98 Å². The van der Waals surface area contributed by atoms with E-state index in [-0.39, 0.29) is 0 Å². The van der Waals surface area contributed by atoms with Crippen molar-refractivity contribution in [3.05, 3.63) is 57.7 Å². The largest absolute Gasteiger partial charge is 0.247 e. The van der Waals surface area contributed by atoms with Gasteiger partial charge in [-0.15, -0.1) is 0 Å². The van der Waals surface area contributed by atoms with Gasteiger partial charge in [0.25, 0.3) is 0 Å². The number of aryl methyl sites for hydroxylation is 2. The van der Waals surface area contributed by atoms with Crippen molar-refractivity contribution in [1.29, 1.82) is 5.26 Å². The van der Waals surface area contributed by atoms with Crippen LogP contribution < -0.4 is 5.01 Å². The number of hydrogen-bond donors (Lipinski definition) is 0. The van der Waals surface area contributed by atoms with E-state index in [4.69, 9.17) is 11.6 Å². The fraction of sp³-hybridized carbons (Fsp3) is 0.235. The number of hydrogen-bond acceptors (Lipinski definition) is 4. The molecule has 0 N–H and O–H groups in total. The standard InChI is InChI=1S/C17H17ClN4/c1-4-22(20-11-14-7-5-12(2)6-8-14)17-15(10-19)13(3)9-16(18)21-17/h5-9,11H,4H2,1-3H3/b20-11-. The Morgan fingerprint density at radius 2 is 2.00 bits per heavy atom. The zero-order valence-electron chi connectivity index (χ0n) is 12.8. The summed E-state index contributed by atoms with van der Waals surface area (Å²) in [5.41, 5.74) is 3.47. The van der Waals surface area contributed by atoms with Crippen LogP contribution >= 0.6 is 11.6 Å². The Hall–Kier alpha value is -2.38. The van der Waals surface area contributed by atoms with E-state index in [1.807, 2.05) is 45.0 Å². The third kappa shape index (κ3) is 3.63. The molecule has 0 radical (unpaired) electrons. The number of nitriles is 1. The highest BCUT2D eigenvalue weighted by molar-refractivity contribution is 6.29. The molecule has 1 heterocycles. The van der Waals surface area contributed by atoms with Crippen LogP contribution in [0.5, 0.6) is 0 Å². The summed E-state index contributed by atoms with van der Waals surface area (Å²) in [6, 6.07) is 11.9. The molecule has 0 saturated heterocycles. The molecule has 0 unspecified atom stereocenters. The van der Waals surface area contributed by atoms with Crippen molar-refractivity contribution in [3.8, 4) is 6.07 Å². The van der Waals surface area contributed by atoms with Crippen molar-refractivity contribution in [2.24, 2.45) is 5.10 Å². The number of anilines is 1. The van der Waals surface area contributed by atoms with E-state index in [9.17, 15) is 5.26 Å². The van der Waals surface area contributed by atoms with Crippen LogP contribution in [-0.2, 0) is 0 Å². The molecule has 0 spiro atoms. The van der Waals surface area contributed by atoms with Gasteiger partial charge in [-0.05, 0) is 38.0 Å². The molecular formula is C17H17ClN4. The molecule has 1 aromatic carbocycles. The molecule has 1 aromatic heterocycles. The number of pyridine rings is 1. The molecule has 2 aromatic rings. The lowest BCUT2D eigenvalue weighted by atomic mass is 10.1. The third-order valence-electron chi connectivity index (χ3n) is 3.25. The third-order valence-corrected chi connectivity index (χ3v) is 3.44. The van der Waals surface area contributed by atoms with Crippen molar-refractivity contribution < 1.29 is 0 Å². The van der Waals surface area contributed by atoms with E-state index in [1.165, 1.54) is 5.56 Å². The minimum absolute atomic E-state index is 0.357. The van der Waals surface area contributed by atoms with Gasteiger partial charge in [0.05, 0.1) is 11.8 Å². The van der Waals surface area contributed by atoms with E-state index < -0.39 is 0 Å². The van der Waals surface area contributed by atoms with Crippen LogP contribution in [-0.4, -0.2) is 17.7 Å². The van der Waals surface area contributed by atoms with Crippen molar-refractivity contribution in [2.45, 2.75) is 20.8 Å². The quantitative estimate of drug-likeness (QED) is 0.485. The van der Waals surface area contributed by atoms with Gasteiger partial charge < -0.3 is 0 Å². The fourth-order valence-electron chi connectivity index (χ4n) is 2.02. The monoisotopic (exact) mass is 312 g/mol. The number of benzene rings is 1. The van der Waals surface area contributed by atoms with Crippen LogP contribution in [0.25, 0.3) is 0 Å². The molecule has 112 valence electrons. The van der Waals surface area contributed by atoms with Gasteiger partial charge in [-0.25, -0.2) is 9.99 Å². The number of aromatic nitrogens is 1. The lowest BCUT2D eigenvalue weighted by Crippen LogP contribution is -2.19. The van der Waals surface area contributed by atoms with Crippen LogP contribution in [0.4, 0.5) is 5.82 Å². The van der Waals surface area contributed by atoms with E-state index in [1.54, 1.807) is 17.3 Å². The molecule has 0 bridgehead atoms. The first kappa shape index (κ1) is 16.0. The molecule has 2 rings (SSSR count). The lowest BCUT2D eigenvalue weighted by Gasteiger charge is -2.18. The predicted molar refractivity (Wildman–Crippen MR) is 90.5 cm³/mol. The summed E-state index contributed by atoms with van der Waals surface area (Å²) in [7, 11) is 0. The summed E-state index contributed by atoms with van der Waals surface area (Å²) in [5.74, 6) is 0.485. The summed E-state index contributed by atoms with van der Waals surface area (Å²) in [4.78, 5) is 4.26. The average molecular weight is 313 g/mol. The molecule has 0 aliphatic carbocycles. The van der Waals surface area contributed by atoms with Gasteiger partial charge in [0.2, 0.25) is 0 Å². The molecule has 0 aliphatic rings. The van der Waals surface area contributed by atoms with Gasteiger partial charge in [-0.1, -0.05) is 41.4 Å². The highest BCUT2D eigenvalue weighted by atomic mass is 35.5. The normalized spacial score (nSPS) is 10.7. The first-order valence-corrected chi connectivity index (χ1v) is 7.38. The van der Waals surface area contributed by atoms with Crippen LogP contribution in [0.1, 0.15) is 29.2 Å². The zero-order chi connectivity index (χ0) is 16.1. The Morgan fingerprint density at radius 3 is 2.59 bits per heavy atom. The van der Waals surface area contributed by atoms with Crippen molar-refractivity contribution in [3.63, 3.8) is 0 Å². The van der Waals surface area contributed by atoms with E-state index >= 15 is 0 Å². The van der Waals surface area contributed by atoms with Crippen molar-refractivity contribution >= 4 is 23.6 Å².